The summed E-state index contributed by atoms with van der Waals surface area (Å²) in [6.45, 7) is 4.14. The molecule has 1 aliphatic carbocycles. The number of rotatable bonds is 2. The van der Waals surface area contributed by atoms with Crippen molar-refractivity contribution in [2.24, 2.45) is 5.41 Å². The molecule has 0 aromatic heterocycles. The fourth-order valence-electron chi connectivity index (χ4n) is 4.29. The number of hydrogen-bond acceptors (Lipinski definition) is 3. The van der Waals surface area contributed by atoms with E-state index in [1.54, 1.807) is 29.2 Å². The molecule has 0 spiro atoms. The first-order chi connectivity index (χ1) is 12.9. The third-order valence-corrected chi connectivity index (χ3v) is 5.45. The number of aromatic hydroxyl groups is 1. The van der Waals surface area contributed by atoms with E-state index in [1.807, 2.05) is 30.3 Å². The number of benzene rings is 2. The van der Waals surface area contributed by atoms with Gasteiger partial charge in [0.15, 0.2) is 5.78 Å². The fourth-order valence-corrected chi connectivity index (χ4v) is 4.29. The summed E-state index contributed by atoms with van der Waals surface area (Å²) in [5, 5.41) is 9.60. The summed E-state index contributed by atoms with van der Waals surface area (Å²) in [5.41, 5.74) is 3.10. The molecule has 1 aliphatic heterocycles. The van der Waals surface area contributed by atoms with Crippen LogP contribution in [0.15, 0.2) is 65.9 Å². The molecule has 2 aromatic rings. The average Bonchev–Trinajstić information content (AvgIpc) is 2.62. The molecule has 0 unspecified atom stereocenters. The lowest BCUT2D eigenvalue weighted by atomic mass is 9.69. The molecule has 0 radical (unpaired) electrons. The lowest BCUT2D eigenvalue weighted by molar-refractivity contribution is -0.121. The fraction of sp³-hybridized carbons (Fsp3) is 0.304. The van der Waals surface area contributed by atoms with E-state index in [4.69, 9.17) is 0 Å². The topological polar surface area (TPSA) is 57.6 Å². The molecule has 4 heteroatoms. The maximum atomic E-state index is 13.2. The van der Waals surface area contributed by atoms with Crippen molar-refractivity contribution in [3.8, 4) is 5.75 Å². The van der Waals surface area contributed by atoms with Crippen molar-refractivity contribution in [3.63, 3.8) is 0 Å². The Morgan fingerprint density at radius 2 is 1.63 bits per heavy atom. The van der Waals surface area contributed by atoms with Crippen LogP contribution in [0.25, 0.3) is 0 Å². The highest BCUT2D eigenvalue weighted by Crippen LogP contribution is 2.48. The highest BCUT2D eigenvalue weighted by Gasteiger charge is 2.44. The van der Waals surface area contributed by atoms with Crippen LogP contribution in [0.4, 0.5) is 5.69 Å². The lowest BCUT2D eigenvalue weighted by Crippen LogP contribution is -2.43. The summed E-state index contributed by atoms with van der Waals surface area (Å²) in [7, 11) is 0. The summed E-state index contributed by atoms with van der Waals surface area (Å²) >= 11 is 0. The van der Waals surface area contributed by atoms with Crippen LogP contribution in [0.2, 0.25) is 0 Å². The summed E-state index contributed by atoms with van der Waals surface area (Å²) in [6, 6.07) is 16.4. The van der Waals surface area contributed by atoms with Gasteiger partial charge in [0.2, 0.25) is 5.91 Å². The van der Waals surface area contributed by atoms with E-state index in [9.17, 15) is 14.7 Å². The molecule has 2 aromatic carbocycles. The van der Waals surface area contributed by atoms with Gasteiger partial charge in [-0.15, -0.1) is 0 Å². The maximum Gasteiger partial charge on any atom is 0.232 e. The van der Waals surface area contributed by atoms with Crippen molar-refractivity contribution >= 4 is 17.4 Å². The number of anilines is 1. The highest BCUT2D eigenvalue weighted by molar-refractivity contribution is 6.07. The standard InChI is InChI=1S/C23H23NO3/c1-23(2)13-19-22(20(26)14-23)18(15-6-4-3-5-7-15)12-21(27)24(19)16-8-10-17(25)11-9-16/h3-11,18,25H,12-14H2,1-2H3/t18-/m0/s1. The van der Waals surface area contributed by atoms with Crippen molar-refractivity contribution in [3.05, 3.63) is 71.4 Å². The zero-order valence-corrected chi connectivity index (χ0v) is 15.6. The van der Waals surface area contributed by atoms with Gasteiger partial charge in [0.25, 0.3) is 0 Å². The van der Waals surface area contributed by atoms with Gasteiger partial charge in [-0.2, -0.15) is 0 Å². The Balaban J connectivity index is 1.89. The first kappa shape index (κ1) is 17.5. The number of phenols is 1. The number of amides is 1. The average molecular weight is 361 g/mol. The zero-order chi connectivity index (χ0) is 19.2. The van der Waals surface area contributed by atoms with Crippen LogP contribution >= 0.6 is 0 Å². The molecule has 2 aliphatic rings. The Morgan fingerprint density at radius 1 is 0.963 bits per heavy atom. The molecule has 0 bridgehead atoms. The first-order valence-electron chi connectivity index (χ1n) is 9.29. The second kappa shape index (κ2) is 6.38. The molecule has 1 heterocycles. The molecular formula is C23H23NO3. The number of ketones is 1. The van der Waals surface area contributed by atoms with E-state index in [1.165, 1.54) is 0 Å². The van der Waals surface area contributed by atoms with E-state index in [-0.39, 0.29) is 35.2 Å². The van der Waals surface area contributed by atoms with E-state index < -0.39 is 0 Å². The Hall–Kier alpha value is -2.88. The van der Waals surface area contributed by atoms with Gasteiger partial charge in [-0.05, 0) is 41.7 Å². The third-order valence-electron chi connectivity index (χ3n) is 5.45. The Labute approximate surface area is 159 Å². The van der Waals surface area contributed by atoms with Gasteiger partial charge in [-0.25, -0.2) is 0 Å². The van der Waals surface area contributed by atoms with E-state index in [0.29, 0.717) is 18.5 Å². The van der Waals surface area contributed by atoms with E-state index >= 15 is 0 Å². The predicted octanol–water partition coefficient (Wildman–Crippen LogP) is 4.56. The summed E-state index contributed by atoms with van der Waals surface area (Å²) in [5.74, 6) is 0.0791. The predicted molar refractivity (Wildman–Crippen MR) is 104 cm³/mol. The van der Waals surface area contributed by atoms with Gasteiger partial charge in [-0.3, -0.25) is 14.5 Å². The molecular weight excluding hydrogens is 338 g/mol. The van der Waals surface area contributed by atoms with Gasteiger partial charge in [0.05, 0.1) is 0 Å². The molecule has 0 saturated carbocycles. The number of carbonyl (C=O) groups is 2. The third kappa shape index (κ3) is 3.16. The van der Waals surface area contributed by atoms with E-state index in [0.717, 1.165) is 16.8 Å². The van der Waals surface area contributed by atoms with Gasteiger partial charge in [-0.1, -0.05) is 44.2 Å². The summed E-state index contributed by atoms with van der Waals surface area (Å²) < 4.78 is 0. The number of hydrogen-bond donors (Lipinski definition) is 1. The molecule has 4 rings (SSSR count). The molecule has 27 heavy (non-hydrogen) atoms. The molecule has 138 valence electrons. The van der Waals surface area contributed by atoms with Crippen LogP contribution in [-0.4, -0.2) is 16.8 Å². The normalized spacial score (nSPS) is 22.0. The van der Waals surface area contributed by atoms with Crippen LogP contribution in [-0.2, 0) is 9.59 Å². The van der Waals surface area contributed by atoms with Crippen LogP contribution in [0, 0.1) is 5.41 Å². The second-order valence-electron chi connectivity index (χ2n) is 8.21. The minimum Gasteiger partial charge on any atom is -0.508 e. The first-order valence-corrected chi connectivity index (χ1v) is 9.29. The number of allylic oxidation sites excluding steroid dienone is 2. The van der Waals surface area contributed by atoms with Crippen molar-refractivity contribution in [1.29, 1.82) is 0 Å². The van der Waals surface area contributed by atoms with E-state index in [2.05, 4.69) is 13.8 Å². The van der Waals surface area contributed by atoms with Crippen molar-refractivity contribution in [2.45, 2.75) is 39.0 Å². The lowest BCUT2D eigenvalue weighted by Gasteiger charge is -2.43. The van der Waals surface area contributed by atoms with Crippen molar-refractivity contribution in [2.75, 3.05) is 4.90 Å². The molecule has 0 fully saturated rings. The summed E-state index contributed by atoms with van der Waals surface area (Å²) in [6.07, 6.45) is 1.44. The molecule has 1 amide bonds. The number of nitrogens with zero attached hydrogens (tertiary/aromatic N) is 1. The van der Waals surface area contributed by atoms with Crippen LogP contribution < -0.4 is 4.90 Å². The maximum absolute atomic E-state index is 13.2. The number of carbonyl (C=O) groups excluding carboxylic acids is 2. The highest BCUT2D eigenvalue weighted by atomic mass is 16.3. The quantitative estimate of drug-likeness (QED) is 0.853. The monoisotopic (exact) mass is 361 g/mol. The van der Waals surface area contributed by atoms with Gasteiger partial charge in [0, 0.05) is 35.7 Å². The Morgan fingerprint density at radius 3 is 2.30 bits per heavy atom. The Kier molecular flexibility index (Phi) is 4.14. The molecule has 0 saturated heterocycles. The van der Waals surface area contributed by atoms with Crippen LogP contribution in [0.1, 0.15) is 44.6 Å². The van der Waals surface area contributed by atoms with Crippen molar-refractivity contribution < 1.29 is 14.7 Å². The van der Waals surface area contributed by atoms with Crippen molar-refractivity contribution in [1.82, 2.24) is 0 Å². The van der Waals surface area contributed by atoms with Crippen LogP contribution in [0.5, 0.6) is 5.75 Å². The molecule has 1 atom stereocenters. The largest absolute Gasteiger partial charge is 0.508 e. The minimum absolute atomic E-state index is 0.0150. The van der Waals surface area contributed by atoms with Gasteiger partial charge >= 0.3 is 0 Å². The SMILES string of the molecule is CC1(C)CC(=O)C2=C(C1)N(c1ccc(O)cc1)C(=O)C[C@H]2c1ccccc1. The summed E-state index contributed by atoms with van der Waals surface area (Å²) in [4.78, 5) is 28.0. The minimum atomic E-state index is -0.191. The number of phenolic OH excluding ortho intramolecular Hbond substituents is 1. The molecule has 4 nitrogen and oxygen atoms in total. The van der Waals surface area contributed by atoms with Gasteiger partial charge in [0.1, 0.15) is 5.75 Å². The second-order valence-corrected chi connectivity index (χ2v) is 8.21. The Bertz CT molecular complexity index is 926. The number of Topliss-reactive ketones (excluding diaryl/α,β-unsaturated/α-hetero) is 1. The molecule has 1 N–H and O–H groups in total. The van der Waals surface area contributed by atoms with Crippen LogP contribution in [0.3, 0.4) is 0 Å². The zero-order valence-electron chi connectivity index (χ0n) is 15.6. The van der Waals surface area contributed by atoms with Gasteiger partial charge < -0.3 is 5.11 Å². The smallest absolute Gasteiger partial charge is 0.232 e.